The molecule has 3 rings (SSSR count). The van der Waals surface area contributed by atoms with Gasteiger partial charge in [-0.05, 0) is 44.1 Å². The zero-order valence-electron chi connectivity index (χ0n) is 11.7. The highest BCUT2D eigenvalue weighted by molar-refractivity contribution is 7.86. The van der Waals surface area contributed by atoms with E-state index >= 15 is 0 Å². The lowest BCUT2D eigenvalue weighted by Gasteiger charge is -2.33. The molecular weight excluding hydrogens is 262 g/mol. The van der Waals surface area contributed by atoms with Gasteiger partial charge < -0.3 is 5.32 Å². The van der Waals surface area contributed by atoms with Crippen LogP contribution in [0.25, 0.3) is 0 Å². The number of piperidine rings is 2. The maximum atomic E-state index is 12.7. The van der Waals surface area contributed by atoms with Crippen molar-refractivity contribution in [1.82, 2.24) is 13.9 Å². The molecule has 0 bridgehead atoms. The zero-order chi connectivity index (χ0) is 13.5. The first-order valence-electron chi connectivity index (χ1n) is 7.56. The Morgan fingerprint density at radius 1 is 1.05 bits per heavy atom. The van der Waals surface area contributed by atoms with Gasteiger partial charge >= 0.3 is 0 Å². The van der Waals surface area contributed by atoms with E-state index in [0.29, 0.717) is 44.1 Å². The number of nitrogens with zero attached hydrogens (tertiary/aromatic N) is 2. The van der Waals surface area contributed by atoms with Crippen LogP contribution in [0.15, 0.2) is 0 Å². The number of fused-ring (bicyclic) bond motifs is 1. The number of hydrogen-bond donors (Lipinski definition) is 1. The van der Waals surface area contributed by atoms with Crippen molar-refractivity contribution in [3.63, 3.8) is 0 Å². The van der Waals surface area contributed by atoms with Crippen molar-refractivity contribution >= 4 is 10.2 Å². The Bertz CT molecular complexity index is 412. The Morgan fingerprint density at radius 3 is 2.63 bits per heavy atom. The smallest absolute Gasteiger partial charge is 0.282 e. The lowest BCUT2D eigenvalue weighted by Crippen LogP contribution is -2.47. The van der Waals surface area contributed by atoms with Crippen molar-refractivity contribution in [1.29, 1.82) is 0 Å². The molecule has 1 N–H and O–H groups in total. The third-order valence-corrected chi connectivity index (χ3v) is 6.77. The molecule has 19 heavy (non-hydrogen) atoms. The van der Waals surface area contributed by atoms with Crippen molar-refractivity contribution in [2.75, 3.05) is 32.7 Å². The first-order chi connectivity index (χ1) is 9.07. The molecule has 0 aliphatic carbocycles. The van der Waals surface area contributed by atoms with Gasteiger partial charge in [-0.1, -0.05) is 6.92 Å². The molecule has 110 valence electrons. The molecule has 0 aromatic carbocycles. The van der Waals surface area contributed by atoms with E-state index < -0.39 is 10.2 Å². The second-order valence-corrected chi connectivity index (χ2v) is 8.32. The second kappa shape index (κ2) is 5.31. The monoisotopic (exact) mass is 287 g/mol. The molecule has 0 radical (unpaired) electrons. The van der Waals surface area contributed by atoms with Crippen molar-refractivity contribution in [2.24, 2.45) is 11.8 Å². The van der Waals surface area contributed by atoms with Crippen LogP contribution >= 0.6 is 0 Å². The minimum atomic E-state index is -3.23. The zero-order valence-corrected chi connectivity index (χ0v) is 12.5. The molecule has 0 spiro atoms. The Kier molecular flexibility index (Phi) is 3.86. The van der Waals surface area contributed by atoms with Crippen LogP contribution in [-0.4, -0.2) is 55.8 Å². The van der Waals surface area contributed by atoms with Gasteiger partial charge in [-0.15, -0.1) is 0 Å². The van der Waals surface area contributed by atoms with E-state index in [9.17, 15) is 8.42 Å². The van der Waals surface area contributed by atoms with Gasteiger partial charge in [0.2, 0.25) is 0 Å². The third kappa shape index (κ3) is 2.68. The molecule has 3 saturated heterocycles. The topological polar surface area (TPSA) is 52.7 Å². The van der Waals surface area contributed by atoms with Gasteiger partial charge in [0.15, 0.2) is 0 Å². The summed E-state index contributed by atoms with van der Waals surface area (Å²) in [7, 11) is -3.23. The van der Waals surface area contributed by atoms with E-state index in [1.165, 1.54) is 12.8 Å². The molecular formula is C13H25N3O2S. The summed E-state index contributed by atoms with van der Waals surface area (Å²) < 4.78 is 28.8. The maximum absolute atomic E-state index is 12.7. The molecule has 0 saturated carbocycles. The van der Waals surface area contributed by atoms with Gasteiger partial charge in [-0.3, -0.25) is 0 Å². The highest BCUT2D eigenvalue weighted by Crippen LogP contribution is 2.29. The highest BCUT2D eigenvalue weighted by Gasteiger charge is 2.42. The van der Waals surface area contributed by atoms with Gasteiger partial charge in [-0.2, -0.15) is 17.0 Å². The SMILES string of the molecule is CC1CCCN(S(=O)(=O)N2CC3CCCNC3C2)C1. The van der Waals surface area contributed by atoms with E-state index in [0.717, 1.165) is 19.4 Å². The summed E-state index contributed by atoms with van der Waals surface area (Å²) in [6, 6.07) is 0.380. The van der Waals surface area contributed by atoms with Crippen molar-refractivity contribution in [3.05, 3.63) is 0 Å². The summed E-state index contributed by atoms with van der Waals surface area (Å²) in [4.78, 5) is 0. The first kappa shape index (κ1) is 13.8. The summed E-state index contributed by atoms with van der Waals surface area (Å²) in [5.74, 6) is 1.01. The molecule has 0 aromatic rings. The number of nitrogens with one attached hydrogen (secondary N) is 1. The summed E-state index contributed by atoms with van der Waals surface area (Å²) in [6.07, 6.45) is 4.49. The van der Waals surface area contributed by atoms with E-state index in [1.54, 1.807) is 8.61 Å². The quantitative estimate of drug-likeness (QED) is 0.811. The lowest BCUT2D eigenvalue weighted by molar-refractivity contribution is 0.262. The highest BCUT2D eigenvalue weighted by atomic mass is 32.2. The minimum absolute atomic E-state index is 0.380. The molecule has 5 nitrogen and oxygen atoms in total. The largest absolute Gasteiger partial charge is 0.312 e. The van der Waals surface area contributed by atoms with Crippen LogP contribution in [0.5, 0.6) is 0 Å². The van der Waals surface area contributed by atoms with E-state index in [1.807, 2.05) is 0 Å². The molecule has 3 aliphatic heterocycles. The number of rotatable bonds is 2. The summed E-state index contributed by atoms with van der Waals surface area (Å²) in [5, 5.41) is 3.47. The Balaban J connectivity index is 1.70. The van der Waals surface area contributed by atoms with Crippen LogP contribution in [0.2, 0.25) is 0 Å². The van der Waals surface area contributed by atoms with Crippen LogP contribution in [0.3, 0.4) is 0 Å². The van der Waals surface area contributed by atoms with Gasteiger partial charge in [-0.25, -0.2) is 0 Å². The molecule has 3 unspecified atom stereocenters. The molecule has 0 aromatic heterocycles. The summed E-state index contributed by atoms with van der Waals surface area (Å²) in [5.41, 5.74) is 0. The Hall–Kier alpha value is -0.170. The minimum Gasteiger partial charge on any atom is -0.312 e. The van der Waals surface area contributed by atoms with E-state index in [2.05, 4.69) is 12.2 Å². The second-order valence-electron chi connectivity index (χ2n) is 6.39. The maximum Gasteiger partial charge on any atom is 0.282 e. The summed E-state index contributed by atoms with van der Waals surface area (Å²) >= 11 is 0. The fourth-order valence-electron chi connectivity index (χ4n) is 3.71. The molecule has 3 aliphatic rings. The van der Waals surface area contributed by atoms with Gasteiger partial charge in [0, 0.05) is 32.2 Å². The first-order valence-corrected chi connectivity index (χ1v) is 8.95. The third-order valence-electron chi connectivity index (χ3n) is 4.84. The fraction of sp³-hybridized carbons (Fsp3) is 1.00. The summed E-state index contributed by atoms with van der Waals surface area (Å²) in [6.45, 7) is 5.96. The molecule has 6 heteroatoms. The van der Waals surface area contributed by atoms with Gasteiger partial charge in [0.1, 0.15) is 0 Å². The predicted molar refractivity (Wildman–Crippen MR) is 75.0 cm³/mol. The van der Waals surface area contributed by atoms with Crippen LogP contribution in [-0.2, 0) is 10.2 Å². The van der Waals surface area contributed by atoms with Crippen molar-refractivity contribution < 1.29 is 8.42 Å². The van der Waals surface area contributed by atoms with Gasteiger partial charge in [0.05, 0.1) is 0 Å². The van der Waals surface area contributed by atoms with Crippen LogP contribution < -0.4 is 5.32 Å². The van der Waals surface area contributed by atoms with Crippen molar-refractivity contribution in [3.8, 4) is 0 Å². The van der Waals surface area contributed by atoms with Crippen molar-refractivity contribution in [2.45, 2.75) is 38.6 Å². The van der Waals surface area contributed by atoms with Gasteiger partial charge in [0.25, 0.3) is 10.2 Å². The molecule has 3 fully saturated rings. The Morgan fingerprint density at radius 2 is 1.89 bits per heavy atom. The fourth-order valence-corrected chi connectivity index (χ4v) is 5.57. The molecule has 0 amide bonds. The predicted octanol–water partition coefficient (Wildman–Crippen LogP) is 0.647. The van der Waals surface area contributed by atoms with E-state index in [4.69, 9.17) is 0 Å². The lowest BCUT2D eigenvalue weighted by atomic mass is 9.94. The Labute approximate surface area is 116 Å². The van der Waals surface area contributed by atoms with E-state index in [-0.39, 0.29) is 0 Å². The van der Waals surface area contributed by atoms with Crippen LogP contribution in [0.4, 0.5) is 0 Å². The standard InChI is InChI=1S/C13H25N3O2S/c1-11-4-3-7-15(8-11)19(17,18)16-9-12-5-2-6-14-13(12)10-16/h11-14H,2-10H2,1H3. The van der Waals surface area contributed by atoms with Crippen LogP contribution in [0, 0.1) is 11.8 Å². The number of hydrogen-bond acceptors (Lipinski definition) is 3. The van der Waals surface area contributed by atoms with Crippen LogP contribution in [0.1, 0.15) is 32.6 Å². The molecule has 3 heterocycles. The average molecular weight is 287 g/mol. The average Bonchev–Trinajstić information content (AvgIpc) is 2.83. The molecule has 3 atom stereocenters. The normalized spacial score (nSPS) is 38.3.